The van der Waals surface area contributed by atoms with Crippen LogP contribution in [0.3, 0.4) is 0 Å². The molecule has 0 aliphatic heterocycles. The normalized spacial score (nSPS) is 26.1. The zero-order valence-corrected chi connectivity index (χ0v) is 14.6. The first-order chi connectivity index (χ1) is 11.0. The van der Waals surface area contributed by atoms with Crippen LogP contribution < -0.4 is 5.32 Å². The Balaban J connectivity index is 1.75. The summed E-state index contributed by atoms with van der Waals surface area (Å²) in [5.74, 6) is -0.980. The van der Waals surface area contributed by atoms with Crippen LogP contribution in [0, 0.1) is 5.92 Å². The smallest absolute Gasteiger partial charge is 0.306 e. The van der Waals surface area contributed by atoms with Crippen molar-refractivity contribution in [1.29, 1.82) is 0 Å². The predicted octanol–water partition coefficient (Wildman–Crippen LogP) is 3.63. The van der Waals surface area contributed by atoms with Gasteiger partial charge in [0.1, 0.15) is 0 Å². The van der Waals surface area contributed by atoms with Crippen LogP contribution in [-0.4, -0.2) is 23.0 Å². The third-order valence-corrected chi connectivity index (χ3v) is 5.93. The van der Waals surface area contributed by atoms with E-state index in [4.69, 9.17) is 5.11 Å². The van der Waals surface area contributed by atoms with Crippen LogP contribution in [-0.2, 0) is 15.0 Å². The Bertz CT molecular complexity index is 593. The Morgan fingerprint density at radius 3 is 2.35 bits per heavy atom. The molecule has 0 bridgehead atoms. The summed E-state index contributed by atoms with van der Waals surface area (Å²) in [6.07, 6.45) is 5.84. The van der Waals surface area contributed by atoms with Crippen LogP contribution in [0.5, 0.6) is 0 Å². The van der Waals surface area contributed by atoms with Gasteiger partial charge in [-0.2, -0.15) is 0 Å². The number of hydrogen-bond donors (Lipinski definition) is 2. The minimum absolute atomic E-state index is 0.00322. The first-order valence-corrected chi connectivity index (χ1v) is 9.10. The molecular weight excluding hydrogens is 358 g/mol. The van der Waals surface area contributed by atoms with Gasteiger partial charge in [0.25, 0.3) is 0 Å². The number of carbonyl (C=O) groups is 2. The summed E-state index contributed by atoms with van der Waals surface area (Å²) >= 11 is 3.44. The van der Waals surface area contributed by atoms with Crippen molar-refractivity contribution in [1.82, 2.24) is 5.32 Å². The number of rotatable bonds is 4. The average molecular weight is 380 g/mol. The number of amides is 1. The second-order valence-electron chi connectivity index (χ2n) is 6.81. The van der Waals surface area contributed by atoms with E-state index in [1.54, 1.807) is 0 Å². The first kappa shape index (κ1) is 16.5. The molecule has 1 aromatic carbocycles. The molecule has 1 amide bonds. The molecule has 2 atom stereocenters. The van der Waals surface area contributed by atoms with E-state index in [1.165, 1.54) is 0 Å². The molecule has 124 valence electrons. The summed E-state index contributed by atoms with van der Waals surface area (Å²) in [6, 6.07) is 8.03. The Hall–Kier alpha value is -1.36. The second kappa shape index (κ2) is 6.63. The van der Waals surface area contributed by atoms with Crippen LogP contribution in [0.25, 0.3) is 0 Å². The topological polar surface area (TPSA) is 66.4 Å². The average Bonchev–Trinajstić information content (AvgIpc) is 3.17. The lowest BCUT2D eigenvalue weighted by Gasteiger charge is -2.30. The number of hydrogen-bond acceptors (Lipinski definition) is 2. The van der Waals surface area contributed by atoms with E-state index in [1.807, 2.05) is 24.3 Å². The van der Waals surface area contributed by atoms with E-state index in [0.717, 1.165) is 42.1 Å². The van der Waals surface area contributed by atoms with Gasteiger partial charge in [-0.1, -0.05) is 40.9 Å². The molecule has 2 aliphatic carbocycles. The molecule has 0 radical (unpaired) electrons. The van der Waals surface area contributed by atoms with Crippen LogP contribution in [0.15, 0.2) is 28.7 Å². The Labute approximate surface area is 144 Å². The Kier molecular flexibility index (Phi) is 4.76. The van der Waals surface area contributed by atoms with Crippen LogP contribution in [0.4, 0.5) is 0 Å². The van der Waals surface area contributed by atoms with E-state index >= 15 is 0 Å². The minimum atomic E-state index is -0.745. The first-order valence-electron chi connectivity index (χ1n) is 8.31. The molecule has 0 unspecified atom stereocenters. The SMILES string of the molecule is O=C(O)[C@@H]1CC[C@H](NC(=O)C2(c3ccc(Br)cc3)CCCC2)C1. The molecule has 0 saturated heterocycles. The second-order valence-corrected chi connectivity index (χ2v) is 7.73. The molecule has 2 fully saturated rings. The predicted molar refractivity (Wildman–Crippen MR) is 91.2 cm³/mol. The highest BCUT2D eigenvalue weighted by molar-refractivity contribution is 9.10. The fourth-order valence-electron chi connectivity index (χ4n) is 4.05. The van der Waals surface area contributed by atoms with E-state index in [2.05, 4.69) is 21.2 Å². The fourth-order valence-corrected chi connectivity index (χ4v) is 4.32. The molecular formula is C18H22BrNO3. The van der Waals surface area contributed by atoms with Crippen molar-refractivity contribution in [2.75, 3.05) is 0 Å². The molecule has 2 aliphatic rings. The summed E-state index contributed by atoms with van der Waals surface area (Å²) in [5, 5.41) is 12.3. The fraction of sp³-hybridized carbons (Fsp3) is 0.556. The number of carboxylic acid groups (broad SMARTS) is 1. The lowest BCUT2D eigenvalue weighted by atomic mass is 9.78. The van der Waals surface area contributed by atoms with Crippen molar-refractivity contribution in [2.24, 2.45) is 5.92 Å². The number of nitrogens with one attached hydrogen (secondary N) is 1. The van der Waals surface area contributed by atoms with E-state index in [0.29, 0.717) is 12.8 Å². The summed E-state index contributed by atoms with van der Waals surface area (Å²) < 4.78 is 1.01. The van der Waals surface area contributed by atoms with Gasteiger partial charge in [0.15, 0.2) is 0 Å². The van der Waals surface area contributed by atoms with Gasteiger partial charge < -0.3 is 10.4 Å². The summed E-state index contributed by atoms with van der Waals surface area (Å²) in [7, 11) is 0. The maximum Gasteiger partial charge on any atom is 0.306 e. The molecule has 0 aromatic heterocycles. The largest absolute Gasteiger partial charge is 0.481 e. The minimum Gasteiger partial charge on any atom is -0.481 e. The molecule has 1 aromatic rings. The van der Waals surface area contributed by atoms with Crippen molar-refractivity contribution in [2.45, 2.75) is 56.4 Å². The van der Waals surface area contributed by atoms with Crippen molar-refractivity contribution in [3.63, 3.8) is 0 Å². The van der Waals surface area contributed by atoms with Gasteiger partial charge in [0.2, 0.25) is 5.91 Å². The molecule has 0 spiro atoms. The zero-order chi connectivity index (χ0) is 16.4. The van der Waals surface area contributed by atoms with Crippen LogP contribution in [0.2, 0.25) is 0 Å². The van der Waals surface area contributed by atoms with Gasteiger partial charge in [0.05, 0.1) is 11.3 Å². The highest BCUT2D eigenvalue weighted by Gasteiger charge is 2.44. The van der Waals surface area contributed by atoms with Crippen molar-refractivity contribution in [3.05, 3.63) is 34.3 Å². The van der Waals surface area contributed by atoms with Gasteiger partial charge in [-0.3, -0.25) is 9.59 Å². The summed E-state index contributed by atoms with van der Waals surface area (Å²) in [5.41, 5.74) is 0.630. The van der Waals surface area contributed by atoms with E-state index in [-0.39, 0.29) is 17.9 Å². The lowest BCUT2D eigenvalue weighted by molar-refractivity contribution is -0.141. The van der Waals surface area contributed by atoms with Gasteiger partial charge in [-0.05, 0) is 49.8 Å². The molecule has 4 nitrogen and oxygen atoms in total. The van der Waals surface area contributed by atoms with Crippen molar-refractivity contribution < 1.29 is 14.7 Å². The maximum absolute atomic E-state index is 13.0. The quantitative estimate of drug-likeness (QED) is 0.838. The Morgan fingerprint density at radius 2 is 1.78 bits per heavy atom. The molecule has 3 rings (SSSR count). The van der Waals surface area contributed by atoms with Crippen molar-refractivity contribution in [3.8, 4) is 0 Å². The number of carboxylic acids is 1. The highest BCUT2D eigenvalue weighted by atomic mass is 79.9. The third-order valence-electron chi connectivity index (χ3n) is 5.41. The standard InChI is InChI=1S/C18H22BrNO3/c19-14-6-4-13(5-7-14)18(9-1-2-10-18)17(23)20-15-8-3-12(11-15)16(21)22/h4-7,12,15H,1-3,8-11H2,(H,20,23)(H,21,22)/t12-,15+/m1/s1. The molecule has 2 saturated carbocycles. The molecule has 23 heavy (non-hydrogen) atoms. The van der Waals surface area contributed by atoms with Gasteiger partial charge in [0, 0.05) is 10.5 Å². The number of benzene rings is 1. The van der Waals surface area contributed by atoms with E-state index in [9.17, 15) is 9.59 Å². The van der Waals surface area contributed by atoms with Crippen LogP contribution in [0.1, 0.15) is 50.5 Å². The maximum atomic E-state index is 13.0. The number of carbonyl (C=O) groups excluding carboxylic acids is 1. The monoisotopic (exact) mass is 379 g/mol. The lowest BCUT2D eigenvalue weighted by Crippen LogP contribution is -2.46. The summed E-state index contributed by atoms with van der Waals surface area (Å²) in [6.45, 7) is 0. The van der Waals surface area contributed by atoms with Gasteiger partial charge in [-0.15, -0.1) is 0 Å². The summed E-state index contributed by atoms with van der Waals surface area (Å²) in [4.78, 5) is 24.1. The number of halogens is 1. The third kappa shape index (κ3) is 3.30. The van der Waals surface area contributed by atoms with Crippen LogP contribution >= 0.6 is 15.9 Å². The number of aliphatic carboxylic acids is 1. The van der Waals surface area contributed by atoms with Gasteiger partial charge in [-0.25, -0.2) is 0 Å². The zero-order valence-electron chi connectivity index (χ0n) is 13.1. The Morgan fingerprint density at radius 1 is 1.13 bits per heavy atom. The molecule has 5 heteroatoms. The molecule has 2 N–H and O–H groups in total. The van der Waals surface area contributed by atoms with Gasteiger partial charge >= 0.3 is 5.97 Å². The molecule has 0 heterocycles. The van der Waals surface area contributed by atoms with Crippen molar-refractivity contribution >= 4 is 27.8 Å². The van der Waals surface area contributed by atoms with E-state index < -0.39 is 11.4 Å². The highest BCUT2D eigenvalue weighted by Crippen LogP contribution is 2.42.